The van der Waals surface area contributed by atoms with Crippen LogP contribution < -0.4 is 0 Å². The minimum Gasteiger partial charge on any atom is -0.480 e. The van der Waals surface area contributed by atoms with Crippen molar-refractivity contribution in [3.8, 4) is 6.07 Å². The first-order valence-corrected chi connectivity index (χ1v) is 8.80. The van der Waals surface area contributed by atoms with Crippen molar-refractivity contribution in [1.29, 1.82) is 5.26 Å². The molecule has 8 heteroatoms. The monoisotopic (exact) mass is 326 g/mol. The Bertz CT molecular complexity index is 709. The fraction of sp³-hybridized carbons (Fsp3) is 0.385. The van der Waals surface area contributed by atoms with E-state index in [9.17, 15) is 18.3 Å². The summed E-state index contributed by atoms with van der Waals surface area (Å²) in [5, 5.41) is 18.1. The fourth-order valence-electron chi connectivity index (χ4n) is 2.14. The summed E-state index contributed by atoms with van der Waals surface area (Å²) < 4.78 is 26.5. The second-order valence-corrected chi connectivity index (χ2v) is 7.65. The third-order valence-corrected chi connectivity index (χ3v) is 6.34. The van der Waals surface area contributed by atoms with Crippen LogP contribution in [0.1, 0.15) is 11.1 Å². The van der Waals surface area contributed by atoms with Gasteiger partial charge in [0.25, 0.3) is 0 Å². The van der Waals surface area contributed by atoms with Crippen molar-refractivity contribution in [2.75, 3.05) is 18.1 Å². The molecule has 0 aliphatic carbocycles. The number of hydrogen-bond acceptors (Lipinski definition) is 5. The number of hydrogen-bond donors (Lipinski definition) is 1. The van der Waals surface area contributed by atoms with E-state index < -0.39 is 22.0 Å². The van der Waals surface area contributed by atoms with Gasteiger partial charge in [0.05, 0.1) is 16.5 Å². The average Bonchev–Trinajstić information content (AvgIpc) is 2.47. The van der Waals surface area contributed by atoms with Gasteiger partial charge in [0.15, 0.2) is 0 Å². The van der Waals surface area contributed by atoms with E-state index in [1.54, 1.807) is 13.0 Å². The number of carboxylic acids is 1. The van der Waals surface area contributed by atoms with Crippen LogP contribution >= 0.6 is 11.8 Å². The first kappa shape index (κ1) is 15.8. The number of aliphatic carboxylic acids is 1. The van der Waals surface area contributed by atoms with Crippen LogP contribution in [0.2, 0.25) is 0 Å². The molecular formula is C13H14N2O4S2. The maximum atomic E-state index is 12.7. The summed E-state index contributed by atoms with van der Waals surface area (Å²) in [6.45, 7) is 1.78. The molecule has 1 aromatic rings. The number of carbonyl (C=O) groups is 1. The summed E-state index contributed by atoms with van der Waals surface area (Å²) in [6.07, 6.45) is 0. The molecule has 1 unspecified atom stereocenters. The zero-order valence-corrected chi connectivity index (χ0v) is 12.9. The summed E-state index contributed by atoms with van der Waals surface area (Å²) in [4.78, 5) is 11.3. The van der Waals surface area contributed by atoms with E-state index in [-0.39, 0.29) is 22.8 Å². The second kappa shape index (κ2) is 6.05. The molecule has 1 heterocycles. The van der Waals surface area contributed by atoms with Crippen molar-refractivity contribution in [2.24, 2.45) is 0 Å². The van der Waals surface area contributed by atoms with E-state index >= 15 is 0 Å². The lowest BCUT2D eigenvalue weighted by Gasteiger charge is -2.31. The first-order chi connectivity index (χ1) is 9.87. The maximum Gasteiger partial charge on any atom is 0.322 e. The Labute approximate surface area is 127 Å². The summed E-state index contributed by atoms with van der Waals surface area (Å²) in [5.41, 5.74) is 0.730. The predicted octanol–water partition coefficient (Wildman–Crippen LogP) is 1.06. The Morgan fingerprint density at radius 1 is 1.52 bits per heavy atom. The van der Waals surface area contributed by atoms with Gasteiger partial charge in [-0.25, -0.2) is 8.42 Å². The first-order valence-electron chi connectivity index (χ1n) is 6.21. The molecule has 1 aromatic carbocycles. The van der Waals surface area contributed by atoms with Crippen LogP contribution in [-0.4, -0.2) is 47.9 Å². The van der Waals surface area contributed by atoms with Gasteiger partial charge in [0, 0.05) is 18.1 Å². The Kier molecular flexibility index (Phi) is 4.56. The SMILES string of the molecule is Cc1ccc(C#N)cc1S(=O)(=O)N1CCSCC1C(=O)O. The minimum absolute atomic E-state index is 0.000278. The highest BCUT2D eigenvalue weighted by Crippen LogP contribution is 2.27. The largest absolute Gasteiger partial charge is 0.480 e. The molecule has 1 atom stereocenters. The number of benzene rings is 1. The molecule has 0 radical (unpaired) electrons. The Morgan fingerprint density at radius 2 is 2.24 bits per heavy atom. The van der Waals surface area contributed by atoms with Crippen LogP contribution in [0.15, 0.2) is 23.1 Å². The third-order valence-electron chi connectivity index (χ3n) is 3.27. The van der Waals surface area contributed by atoms with Crippen LogP contribution in [0.3, 0.4) is 0 Å². The van der Waals surface area contributed by atoms with Gasteiger partial charge >= 0.3 is 5.97 Å². The van der Waals surface area contributed by atoms with Crippen molar-refractivity contribution in [3.05, 3.63) is 29.3 Å². The number of aryl methyl sites for hydroxylation is 1. The summed E-state index contributed by atoms with van der Waals surface area (Å²) in [5.74, 6) is -0.370. The van der Waals surface area contributed by atoms with Gasteiger partial charge < -0.3 is 5.11 Å². The van der Waals surface area contributed by atoms with Crippen molar-refractivity contribution in [2.45, 2.75) is 17.9 Å². The van der Waals surface area contributed by atoms with Crippen molar-refractivity contribution in [3.63, 3.8) is 0 Å². The topological polar surface area (TPSA) is 98.5 Å². The predicted molar refractivity (Wildman–Crippen MR) is 78.5 cm³/mol. The molecule has 112 valence electrons. The smallest absolute Gasteiger partial charge is 0.322 e. The van der Waals surface area contributed by atoms with Crippen LogP contribution in [0, 0.1) is 18.3 Å². The lowest BCUT2D eigenvalue weighted by Crippen LogP contribution is -2.50. The minimum atomic E-state index is -3.93. The lowest BCUT2D eigenvalue weighted by atomic mass is 10.2. The maximum absolute atomic E-state index is 12.7. The van der Waals surface area contributed by atoms with Gasteiger partial charge in [-0.15, -0.1) is 0 Å². The number of carboxylic acid groups (broad SMARTS) is 1. The molecule has 1 N–H and O–H groups in total. The number of rotatable bonds is 3. The van der Waals surface area contributed by atoms with Gasteiger partial charge in [-0.2, -0.15) is 21.3 Å². The molecule has 2 rings (SSSR count). The van der Waals surface area contributed by atoms with E-state index in [0.717, 1.165) is 4.31 Å². The normalized spacial score (nSPS) is 19.9. The third kappa shape index (κ3) is 3.05. The molecule has 21 heavy (non-hydrogen) atoms. The molecule has 1 aliphatic rings. The quantitative estimate of drug-likeness (QED) is 0.891. The molecular weight excluding hydrogens is 312 g/mol. The van der Waals surface area contributed by atoms with Crippen molar-refractivity contribution in [1.82, 2.24) is 4.31 Å². The summed E-state index contributed by atoms with van der Waals surface area (Å²) in [6, 6.07) is 5.22. The van der Waals surface area contributed by atoms with Gasteiger partial charge in [-0.3, -0.25) is 4.79 Å². The van der Waals surface area contributed by atoms with E-state index in [4.69, 9.17) is 5.26 Å². The van der Waals surface area contributed by atoms with Crippen LogP contribution in [0.25, 0.3) is 0 Å². The van der Waals surface area contributed by atoms with Crippen LogP contribution in [0.4, 0.5) is 0 Å². The Hall–Kier alpha value is -1.56. The number of nitrogens with zero attached hydrogens (tertiary/aromatic N) is 2. The molecule has 6 nitrogen and oxygen atoms in total. The molecule has 0 aromatic heterocycles. The lowest BCUT2D eigenvalue weighted by molar-refractivity contribution is -0.140. The summed E-state index contributed by atoms with van der Waals surface area (Å²) in [7, 11) is -3.93. The van der Waals surface area contributed by atoms with Gasteiger partial charge in [0.1, 0.15) is 6.04 Å². The summed E-state index contributed by atoms with van der Waals surface area (Å²) >= 11 is 1.42. The van der Waals surface area contributed by atoms with Crippen LogP contribution in [-0.2, 0) is 14.8 Å². The Balaban J connectivity index is 2.50. The molecule has 0 saturated carbocycles. The van der Waals surface area contributed by atoms with E-state index in [2.05, 4.69) is 0 Å². The van der Waals surface area contributed by atoms with E-state index in [0.29, 0.717) is 11.3 Å². The number of thioether (sulfide) groups is 1. The average molecular weight is 326 g/mol. The molecule has 0 amide bonds. The van der Waals surface area contributed by atoms with E-state index in [1.165, 1.54) is 23.9 Å². The van der Waals surface area contributed by atoms with Crippen molar-refractivity contribution < 1.29 is 18.3 Å². The van der Waals surface area contributed by atoms with Gasteiger partial charge in [-0.05, 0) is 24.6 Å². The fourth-order valence-corrected chi connectivity index (χ4v) is 5.23. The second-order valence-electron chi connectivity index (χ2n) is 4.64. The van der Waals surface area contributed by atoms with Crippen LogP contribution in [0.5, 0.6) is 0 Å². The highest BCUT2D eigenvalue weighted by molar-refractivity contribution is 7.99. The van der Waals surface area contributed by atoms with Gasteiger partial charge in [0.2, 0.25) is 10.0 Å². The Morgan fingerprint density at radius 3 is 2.86 bits per heavy atom. The standard InChI is InChI=1S/C13H14N2O4S2/c1-9-2-3-10(7-14)6-12(9)21(18,19)15-4-5-20-8-11(15)13(16)17/h2-3,6,11H,4-5,8H2,1H3,(H,16,17). The zero-order valence-electron chi connectivity index (χ0n) is 11.3. The van der Waals surface area contributed by atoms with E-state index in [1.807, 2.05) is 6.07 Å². The molecule has 1 fully saturated rings. The zero-order chi connectivity index (χ0) is 15.6. The van der Waals surface area contributed by atoms with Crippen molar-refractivity contribution >= 4 is 27.8 Å². The molecule has 0 bridgehead atoms. The number of sulfonamides is 1. The van der Waals surface area contributed by atoms with Gasteiger partial charge in [-0.1, -0.05) is 6.07 Å². The molecule has 1 aliphatic heterocycles. The highest BCUT2D eigenvalue weighted by atomic mass is 32.2. The molecule has 1 saturated heterocycles. The number of nitriles is 1. The highest BCUT2D eigenvalue weighted by Gasteiger charge is 2.38. The molecule has 0 spiro atoms.